The predicted octanol–water partition coefficient (Wildman–Crippen LogP) is 4.19. The molecule has 0 bridgehead atoms. The Morgan fingerprint density at radius 3 is 2.50 bits per heavy atom. The van der Waals surface area contributed by atoms with Crippen LogP contribution in [0.4, 0.5) is 0 Å². The minimum absolute atomic E-state index is 0.694. The zero-order valence-corrected chi connectivity index (χ0v) is 11.4. The number of rotatable bonds is 3. The van der Waals surface area contributed by atoms with Crippen LogP contribution in [0.3, 0.4) is 0 Å². The van der Waals surface area contributed by atoms with Gasteiger partial charge in [0.25, 0.3) is 0 Å². The summed E-state index contributed by atoms with van der Waals surface area (Å²) in [7, 11) is 0. The molecule has 1 aromatic carbocycles. The third-order valence-electron chi connectivity index (χ3n) is 2.52. The molecule has 0 aromatic heterocycles. The second-order valence-electron chi connectivity index (χ2n) is 3.90. The van der Waals surface area contributed by atoms with Gasteiger partial charge in [-0.3, -0.25) is 4.79 Å². The van der Waals surface area contributed by atoms with Gasteiger partial charge in [-0.05, 0) is 55.3 Å². The Kier molecular flexibility index (Phi) is 4.53. The lowest BCUT2D eigenvalue weighted by Gasteiger charge is -2.08. The van der Waals surface area contributed by atoms with Crippen molar-refractivity contribution >= 4 is 22.2 Å². The van der Waals surface area contributed by atoms with Crippen molar-refractivity contribution in [3.8, 4) is 5.75 Å². The van der Waals surface area contributed by atoms with Crippen molar-refractivity contribution in [2.24, 2.45) is 0 Å². The van der Waals surface area contributed by atoms with Crippen molar-refractivity contribution < 1.29 is 9.53 Å². The first kappa shape index (κ1) is 12.8. The van der Waals surface area contributed by atoms with Crippen molar-refractivity contribution in [3.63, 3.8) is 0 Å². The third kappa shape index (κ3) is 3.70. The Labute approximate surface area is 115 Å². The van der Waals surface area contributed by atoms with Gasteiger partial charge in [-0.1, -0.05) is 22.0 Å². The number of carbonyl (C=O) groups excluding carboxylic acids is 1. The molecular formula is C15H13BrO2. The van der Waals surface area contributed by atoms with Crippen LogP contribution in [0, 0.1) is 0 Å². The smallest absolute Gasteiger partial charge is 0.149 e. The fraction of sp³-hybridized carbons (Fsp3) is 0.133. The molecule has 3 heteroatoms. The van der Waals surface area contributed by atoms with Crippen LogP contribution >= 0.6 is 15.9 Å². The molecule has 92 valence electrons. The standard InChI is InChI=1S/C15H13BrO2/c16-13-6-9-15(10-7-13)18-14-4-2-1-3-12(11-17)5-8-14/h3-11H,1-2H2/b8-5-,12-3+,14-4+. The highest BCUT2D eigenvalue weighted by Crippen LogP contribution is 2.20. The van der Waals surface area contributed by atoms with E-state index in [0.29, 0.717) is 5.57 Å². The molecule has 1 aliphatic rings. The molecule has 2 nitrogen and oxygen atoms in total. The van der Waals surface area contributed by atoms with E-state index >= 15 is 0 Å². The average molecular weight is 305 g/mol. The number of hydrogen-bond acceptors (Lipinski definition) is 2. The largest absolute Gasteiger partial charge is 0.458 e. The molecule has 0 unspecified atom stereocenters. The number of allylic oxidation sites excluding steroid dienone is 5. The Bertz CT molecular complexity index is 510. The lowest BCUT2D eigenvalue weighted by molar-refractivity contribution is -0.104. The van der Waals surface area contributed by atoms with Crippen LogP contribution in [0.15, 0.2) is 64.4 Å². The number of carbonyl (C=O) groups is 1. The Morgan fingerprint density at radius 1 is 1.06 bits per heavy atom. The maximum atomic E-state index is 10.7. The molecule has 0 atom stereocenters. The summed E-state index contributed by atoms with van der Waals surface area (Å²) in [5.41, 5.74) is 0.694. The molecule has 18 heavy (non-hydrogen) atoms. The zero-order chi connectivity index (χ0) is 12.8. The lowest BCUT2D eigenvalue weighted by Crippen LogP contribution is -1.94. The van der Waals surface area contributed by atoms with Crippen LogP contribution < -0.4 is 4.74 Å². The van der Waals surface area contributed by atoms with Gasteiger partial charge in [0, 0.05) is 10.0 Å². The van der Waals surface area contributed by atoms with Crippen LogP contribution in [0.2, 0.25) is 0 Å². The van der Waals surface area contributed by atoms with Crippen molar-refractivity contribution in [1.82, 2.24) is 0 Å². The van der Waals surface area contributed by atoms with Gasteiger partial charge in [0.05, 0.1) is 0 Å². The van der Waals surface area contributed by atoms with E-state index in [9.17, 15) is 4.79 Å². The fourth-order valence-electron chi connectivity index (χ4n) is 1.59. The fourth-order valence-corrected chi connectivity index (χ4v) is 1.86. The first-order valence-electron chi connectivity index (χ1n) is 5.75. The van der Waals surface area contributed by atoms with Gasteiger partial charge in [0.2, 0.25) is 0 Å². The van der Waals surface area contributed by atoms with Crippen molar-refractivity contribution in [1.29, 1.82) is 0 Å². The summed E-state index contributed by atoms with van der Waals surface area (Å²) >= 11 is 3.38. The molecule has 0 fully saturated rings. The van der Waals surface area contributed by atoms with E-state index in [2.05, 4.69) is 15.9 Å². The topological polar surface area (TPSA) is 26.3 Å². The zero-order valence-electron chi connectivity index (χ0n) is 9.80. The highest BCUT2D eigenvalue weighted by molar-refractivity contribution is 9.10. The molecule has 1 aliphatic carbocycles. The van der Waals surface area contributed by atoms with Crippen LogP contribution in [-0.2, 0) is 4.79 Å². The maximum absolute atomic E-state index is 10.7. The van der Waals surface area contributed by atoms with Gasteiger partial charge in [-0.15, -0.1) is 0 Å². The van der Waals surface area contributed by atoms with Crippen molar-refractivity contribution in [3.05, 3.63) is 64.4 Å². The SMILES string of the molecule is O=CC1=C/CC\C=C(Oc2ccc(Br)cc2)/C=C\1. The van der Waals surface area contributed by atoms with E-state index in [1.807, 2.05) is 42.5 Å². The van der Waals surface area contributed by atoms with Crippen molar-refractivity contribution in [2.45, 2.75) is 12.8 Å². The van der Waals surface area contributed by atoms with Crippen molar-refractivity contribution in [2.75, 3.05) is 0 Å². The molecule has 2 rings (SSSR count). The van der Waals surface area contributed by atoms with Crippen LogP contribution in [0.1, 0.15) is 12.8 Å². The number of halogens is 1. The lowest BCUT2D eigenvalue weighted by atomic mass is 10.1. The number of aldehydes is 1. The van der Waals surface area contributed by atoms with E-state index in [-0.39, 0.29) is 0 Å². The minimum Gasteiger partial charge on any atom is -0.458 e. The predicted molar refractivity (Wildman–Crippen MR) is 75.4 cm³/mol. The van der Waals surface area contributed by atoms with Gasteiger partial charge in [-0.25, -0.2) is 0 Å². The van der Waals surface area contributed by atoms with E-state index in [1.54, 1.807) is 6.08 Å². The molecule has 0 amide bonds. The maximum Gasteiger partial charge on any atom is 0.149 e. The monoisotopic (exact) mass is 304 g/mol. The number of hydrogen-bond donors (Lipinski definition) is 0. The van der Waals surface area contributed by atoms with Gasteiger partial charge < -0.3 is 4.74 Å². The van der Waals surface area contributed by atoms with Gasteiger partial charge in [0.1, 0.15) is 17.8 Å². The summed E-state index contributed by atoms with van der Waals surface area (Å²) in [6.07, 6.45) is 10.1. The molecule has 1 aromatic rings. The first-order chi connectivity index (χ1) is 8.78. The number of ether oxygens (including phenoxy) is 1. The quantitative estimate of drug-likeness (QED) is 0.783. The molecule has 0 N–H and O–H groups in total. The van der Waals surface area contributed by atoms with Gasteiger partial charge >= 0.3 is 0 Å². The Hall–Kier alpha value is -1.61. The highest BCUT2D eigenvalue weighted by atomic mass is 79.9. The normalized spacial score (nSPS) is 22.7. The summed E-state index contributed by atoms with van der Waals surface area (Å²) in [5.74, 6) is 1.55. The Balaban J connectivity index is 2.11. The second-order valence-corrected chi connectivity index (χ2v) is 4.81. The van der Waals surface area contributed by atoms with E-state index < -0.39 is 0 Å². The summed E-state index contributed by atoms with van der Waals surface area (Å²) in [4.78, 5) is 10.7. The third-order valence-corrected chi connectivity index (χ3v) is 3.05. The van der Waals surface area contributed by atoms with E-state index in [0.717, 1.165) is 35.1 Å². The number of benzene rings is 1. The molecule has 0 aliphatic heterocycles. The van der Waals surface area contributed by atoms with E-state index in [1.165, 1.54) is 0 Å². The summed E-state index contributed by atoms with van der Waals surface area (Å²) in [6.45, 7) is 0. The van der Waals surface area contributed by atoms with Gasteiger partial charge in [0.15, 0.2) is 0 Å². The average Bonchev–Trinajstić information content (AvgIpc) is 2.36. The second kappa shape index (κ2) is 6.36. The summed E-state index contributed by atoms with van der Waals surface area (Å²) in [6, 6.07) is 7.65. The van der Waals surface area contributed by atoms with Crippen LogP contribution in [0.5, 0.6) is 5.75 Å². The molecule has 0 radical (unpaired) electrons. The van der Waals surface area contributed by atoms with Crippen LogP contribution in [0.25, 0.3) is 0 Å². The first-order valence-corrected chi connectivity index (χ1v) is 6.54. The summed E-state index contributed by atoms with van der Waals surface area (Å²) < 4.78 is 6.77. The highest BCUT2D eigenvalue weighted by Gasteiger charge is 2.00. The summed E-state index contributed by atoms with van der Waals surface area (Å²) in [5, 5.41) is 0. The molecule has 0 spiro atoms. The molecule has 0 heterocycles. The molecular weight excluding hydrogens is 292 g/mol. The van der Waals surface area contributed by atoms with Gasteiger partial charge in [-0.2, -0.15) is 0 Å². The molecule has 0 saturated heterocycles. The molecule has 0 saturated carbocycles. The Morgan fingerprint density at radius 2 is 1.78 bits per heavy atom. The minimum atomic E-state index is 0.694. The van der Waals surface area contributed by atoms with Crippen LogP contribution in [-0.4, -0.2) is 6.29 Å². The van der Waals surface area contributed by atoms with E-state index in [4.69, 9.17) is 4.74 Å².